The number of fused-ring (bicyclic) bond motifs is 1. The highest BCUT2D eigenvalue weighted by Crippen LogP contribution is 2.32. The van der Waals surface area contributed by atoms with Crippen LogP contribution in [0.4, 0.5) is 0 Å². The van der Waals surface area contributed by atoms with Crippen LogP contribution in [0, 0.1) is 11.3 Å². The van der Waals surface area contributed by atoms with E-state index in [2.05, 4.69) is 6.07 Å². The van der Waals surface area contributed by atoms with E-state index in [4.69, 9.17) is 14.2 Å². The molecule has 6 heteroatoms. The zero-order chi connectivity index (χ0) is 20.8. The van der Waals surface area contributed by atoms with Crippen molar-refractivity contribution in [2.45, 2.75) is 26.7 Å². The SMILES string of the molecule is CCOC(Cn1c(C#N)c(-c2ccccc2)c2cc(OC)ccc2c1=O)OCC. The van der Waals surface area contributed by atoms with Crippen LogP contribution in [0.1, 0.15) is 19.5 Å². The molecule has 3 rings (SSSR count). The lowest BCUT2D eigenvalue weighted by Gasteiger charge is -2.21. The standard InChI is InChI=1S/C23H24N2O4/c1-4-28-21(29-5-2)15-25-20(14-24)22(16-9-7-6-8-10-16)19-13-17(27-3)11-12-18(19)23(25)26/h6-13,21H,4-5,15H2,1-3H3. The van der Waals surface area contributed by atoms with Crippen molar-refractivity contribution >= 4 is 10.8 Å². The van der Waals surface area contributed by atoms with Crippen LogP contribution < -0.4 is 10.3 Å². The average molecular weight is 392 g/mol. The molecule has 29 heavy (non-hydrogen) atoms. The van der Waals surface area contributed by atoms with Crippen molar-refractivity contribution in [2.24, 2.45) is 0 Å². The summed E-state index contributed by atoms with van der Waals surface area (Å²) >= 11 is 0. The highest BCUT2D eigenvalue weighted by Gasteiger charge is 2.21. The Balaban J connectivity index is 2.34. The number of nitriles is 1. The monoisotopic (exact) mass is 392 g/mol. The number of benzene rings is 2. The highest BCUT2D eigenvalue weighted by molar-refractivity contribution is 5.99. The van der Waals surface area contributed by atoms with E-state index in [-0.39, 0.29) is 17.8 Å². The van der Waals surface area contributed by atoms with Crippen LogP contribution in [-0.4, -0.2) is 31.2 Å². The zero-order valence-electron chi connectivity index (χ0n) is 16.8. The molecule has 0 saturated carbocycles. The van der Waals surface area contributed by atoms with Crippen molar-refractivity contribution in [3.63, 3.8) is 0 Å². The molecule has 0 aliphatic rings. The smallest absolute Gasteiger partial charge is 0.259 e. The molecule has 0 bridgehead atoms. The van der Waals surface area contributed by atoms with Gasteiger partial charge in [-0.15, -0.1) is 0 Å². The first kappa shape index (κ1) is 20.6. The maximum atomic E-state index is 13.3. The number of rotatable bonds is 8. The average Bonchev–Trinajstić information content (AvgIpc) is 2.75. The molecule has 3 aromatic rings. The predicted octanol–water partition coefficient (Wildman–Crippen LogP) is 3.95. The van der Waals surface area contributed by atoms with E-state index in [1.54, 1.807) is 25.3 Å². The molecule has 0 saturated heterocycles. The van der Waals surface area contributed by atoms with Crippen LogP contribution in [0.5, 0.6) is 5.75 Å². The minimum atomic E-state index is -0.617. The number of hydrogen-bond donors (Lipinski definition) is 0. The number of nitrogens with zero attached hydrogens (tertiary/aromatic N) is 2. The van der Waals surface area contributed by atoms with E-state index >= 15 is 0 Å². The van der Waals surface area contributed by atoms with Gasteiger partial charge in [-0.2, -0.15) is 5.26 Å². The minimum absolute atomic E-state index is 0.130. The first-order valence-corrected chi connectivity index (χ1v) is 9.57. The van der Waals surface area contributed by atoms with E-state index in [9.17, 15) is 10.1 Å². The summed E-state index contributed by atoms with van der Waals surface area (Å²) in [5.41, 5.74) is 1.54. The summed E-state index contributed by atoms with van der Waals surface area (Å²) in [7, 11) is 1.57. The molecule has 150 valence electrons. The van der Waals surface area contributed by atoms with E-state index in [0.29, 0.717) is 35.3 Å². The van der Waals surface area contributed by atoms with Gasteiger partial charge in [0.15, 0.2) is 6.29 Å². The van der Waals surface area contributed by atoms with Gasteiger partial charge in [-0.05, 0) is 37.6 Å². The van der Waals surface area contributed by atoms with E-state index < -0.39 is 6.29 Å². The predicted molar refractivity (Wildman–Crippen MR) is 112 cm³/mol. The van der Waals surface area contributed by atoms with Crippen molar-refractivity contribution in [1.82, 2.24) is 4.57 Å². The number of pyridine rings is 1. The Morgan fingerprint density at radius 3 is 2.31 bits per heavy atom. The maximum Gasteiger partial charge on any atom is 0.259 e. The molecular formula is C23H24N2O4. The summed E-state index contributed by atoms with van der Waals surface area (Å²) in [4.78, 5) is 13.3. The van der Waals surface area contributed by atoms with Gasteiger partial charge in [-0.25, -0.2) is 0 Å². The third-order valence-corrected chi connectivity index (χ3v) is 4.68. The Morgan fingerprint density at radius 2 is 1.72 bits per heavy atom. The van der Waals surface area contributed by atoms with Crippen molar-refractivity contribution < 1.29 is 14.2 Å². The normalized spacial score (nSPS) is 11.0. The third kappa shape index (κ3) is 4.16. The molecule has 0 unspecified atom stereocenters. The van der Waals surface area contributed by atoms with E-state index in [1.807, 2.05) is 44.2 Å². The fourth-order valence-electron chi connectivity index (χ4n) is 3.42. The van der Waals surface area contributed by atoms with Crippen LogP contribution >= 0.6 is 0 Å². The van der Waals surface area contributed by atoms with Gasteiger partial charge in [0.2, 0.25) is 0 Å². The zero-order valence-corrected chi connectivity index (χ0v) is 16.8. The Bertz CT molecular complexity index is 1080. The topological polar surface area (TPSA) is 73.5 Å². The van der Waals surface area contributed by atoms with Crippen LogP contribution in [-0.2, 0) is 16.0 Å². The van der Waals surface area contributed by atoms with Gasteiger partial charge < -0.3 is 14.2 Å². The van der Waals surface area contributed by atoms with Crippen molar-refractivity contribution in [1.29, 1.82) is 5.26 Å². The Morgan fingerprint density at radius 1 is 1.03 bits per heavy atom. The number of hydrogen-bond acceptors (Lipinski definition) is 5. The number of aromatic nitrogens is 1. The second kappa shape index (κ2) is 9.37. The second-order valence-corrected chi connectivity index (χ2v) is 6.37. The summed E-state index contributed by atoms with van der Waals surface area (Å²) in [6, 6.07) is 17.1. The Hall–Kier alpha value is -3.14. The maximum absolute atomic E-state index is 13.3. The van der Waals surface area contributed by atoms with Crippen molar-refractivity contribution in [2.75, 3.05) is 20.3 Å². The van der Waals surface area contributed by atoms with E-state index in [0.717, 1.165) is 5.56 Å². The van der Waals surface area contributed by atoms with Gasteiger partial charge in [-0.3, -0.25) is 9.36 Å². The molecule has 0 N–H and O–H groups in total. The van der Waals surface area contributed by atoms with Gasteiger partial charge in [-0.1, -0.05) is 30.3 Å². The van der Waals surface area contributed by atoms with Crippen molar-refractivity contribution in [3.8, 4) is 22.9 Å². The fraction of sp³-hybridized carbons (Fsp3) is 0.304. The first-order valence-electron chi connectivity index (χ1n) is 9.57. The van der Waals surface area contributed by atoms with Crippen LogP contribution in [0.3, 0.4) is 0 Å². The summed E-state index contributed by atoms with van der Waals surface area (Å²) in [5, 5.41) is 11.2. The summed E-state index contributed by atoms with van der Waals surface area (Å²) in [6.45, 7) is 4.74. The quantitative estimate of drug-likeness (QED) is 0.543. The van der Waals surface area contributed by atoms with Gasteiger partial charge in [0.1, 0.15) is 17.5 Å². The molecule has 1 heterocycles. The fourth-order valence-corrected chi connectivity index (χ4v) is 3.42. The minimum Gasteiger partial charge on any atom is -0.497 e. The Kier molecular flexibility index (Phi) is 6.65. The van der Waals surface area contributed by atoms with Gasteiger partial charge >= 0.3 is 0 Å². The molecular weight excluding hydrogens is 368 g/mol. The summed E-state index contributed by atoms with van der Waals surface area (Å²) in [6.07, 6.45) is -0.617. The molecule has 6 nitrogen and oxygen atoms in total. The number of ether oxygens (including phenoxy) is 3. The van der Waals surface area contributed by atoms with Gasteiger partial charge in [0.05, 0.1) is 13.7 Å². The lowest BCUT2D eigenvalue weighted by molar-refractivity contribution is -0.143. The number of methoxy groups -OCH3 is 1. The Labute approximate surface area is 169 Å². The van der Waals surface area contributed by atoms with Crippen LogP contribution in [0.2, 0.25) is 0 Å². The van der Waals surface area contributed by atoms with Crippen LogP contribution in [0.25, 0.3) is 21.9 Å². The van der Waals surface area contributed by atoms with Crippen molar-refractivity contribution in [3.05, 3.63) is 64.6 Å². The van der Waals surface area contributed by atoms with Crippen LogP contribution in [0.15, 0.2) is 53.3 Å². The second-order valence-electron chi connectivity index (χ2n) is 6.37. The summed E-state index contributed by atoms with van der Waals surface area (Å²) in [5.74, 6) is 0.622. The molecule has 0 spiro atoms. The molecule has 2 aromatic carbocycles. The molecule has 0 fully saturated rings. The first-order chi connectivity index (χ1) is 14.1. The highest BCUT2D eigenvalue weighted by atomic mass is 16.7. The molecule has 0 aliphatic heterocycles. The molecule has 0 atom stereocenters. The van der Waals surface area contributed by atoms with Gasteiger partial charge in [0, 0.05) is 29.5 Å². The largest absolute Gasteiger partial charge is 0.497 e. The van der Waals surface area contributed by atoms with E-state index in [1.165, 1.54) is 4.57 Å². The lowest BCUT2D eigenvalue weighted by Crippen LogP contribution is -2.32. The molecule has 0 aliphatic carbocycles. The third-order valence-electron chi connectivity index (χ3n) is 4.68. The molecule has 0 amide bonds. The van der Waals surface area contributed by atoms with Gasteiger partial charge in [0.25, 0.3) is 5.56 Å². The molecule has 1 aromatic heterocycles. The summed E-state index contributed by atoms with van der Waals surface area (Å²) < 4.78 is 18.1. The molecule has 0 radical (unpaired) electrons. The lowest BCUT2D eigenvalue weighted by atomic mass is 9.97.